The zero-order valence-electron chi connectivity index (χ0n) is 21.2. The second-order valence-corrected chi connectivity index (χ2v) is 9.11. The largest absolute Gasteiger partial charge is 0.497 e. The second-order valence-electron chi connectivity index (χ2n) is 9.11. The predicted molar refractivity (Wildman–Crippen MR) is 137 cm³/mol. The minimum atomic E-state index is -0.545. The molecular weight excluding hydrogens is 440 g/mol. The standard InChI is InChI=1S/C30H34O5/c1-20-12-21(2)15-25(14-20)29(31)11-10-28(19-34-18-24-6-8-27(33-5)9-7-24)35-30(32)26-16-22(3)13-23(4)17-26/h6-9,12-17,28H,10-11,18-19H2,1-5H3. The van der Waals surface area contributed by atoms with Gasteiger partial charge in [-0.2, -0.15) is 0 Å². The highest BCUT2D eigenvalue weighted by atomic mass is 16.6. The average Bonchev–Trinajstić information content (AvgIpc) is 2.81. The van der Waals surface area contributed by atoms with Crippen molar-refractivity contribution in [2.24, 2.45) is 0 Å². The first-order chi connectivity index (χ1) is 16.7. The third-order valence-corrected chi connectivity index (χ3v) is 5.70. The number of aryl methyl sites for hydroxylation is 4. The number of ketones is 1. The van der Waals surface area contributed by atoms with Crippen LogP contribution in [0.2, 0.25) is 0 Å². The molecule has 0 N–H and O–H groups in total. The van der Waals surface area contributed by atoms with Crippen molar-refractivity contribution < 1.29 is 23.8 Å². The maximum atomic E-state index is 12.9. The lowest BCUT2D eigenvalue weighted by atomic mass is 10.0. The van der Waals surface area contributed by atoms with Crippen LogP contribution in [0.1, 0.15) is 61.4 Å². The number of Topliss-reactive ketones (excluding diaryl/α,β-unsaturated/α-hetero) is 1. The number of hydrogen-bond donors (Lipinski definition) is 0. The molecule has 0 fully saturated rings. The van der Waals surface area contributed by atoms with Crippen molar-refractivity contribution in [3.63, 3.8) is 0 Å². The van der Waals surface area contributed by atoms with Gasteiger partial charge in [0, 0.05) is 12.0 Å². The topological polar surface area (TPSA) is 61.8 Å². The fourth-order valence-electron chi connectivity index (χ4n) is 4.09. The molecule has 0 radical (unpaired) electrons. The molecule has 0 amide bonds. The number of carbonyl (C=O) groups excluding carboxylic acids is 2. The smallest absolute Gasteiger partial charge is 0.338 e. The van der Waals surface area contributed by atoms with Gasteiger partial charge in [-0.1, -0.05) is 46.5 Å². The van der Waals surface area contributed by atoms with E-state index in [-0.39, 0.29) is 18.8 Å². The van der Waals surface area contributed by atoms with E-state index in [1.165, 1.54) is 0 Å². The minimum absolute atomic E-state index is 0.0272. The summed E-state index contributed by atoms with van der Waals surface area (Å²) >= 11 is 0. The Morgan fingerprint density at radius 2 is 1.31 bits per heavy atom. The number of esters is 1. The molecule has 0 saturated carbocycles. The van der Waals surface area contributed by atoms with Gasteiger partial charge in [-0.05, 0) is 76.1 Å². The molecule has 5 nitrogen and oxygen atoms in total. The molecule has 0 spiro atoms. The van der Waals surface area contributed by atoms with Crippen LogP contribution in [0.25, 0.3) is 0 Å². The molecule has 5 heteroatoms. The molecule has 3 rings (SSSR count). The van der Waals surface area contributed by atoms with Gasteiger partial charge in [0.15, 0.2) is 5.78 Å². The van der Waals surface area contributed by atoms with Crippen LogP contribution in [-0.2, 0) is 16.1 Å². The van der Waals surface area contributed by atoms with E-state index in [4.69, 9.17) is 14.2 Å². The summed E-state index contributed by atoms with van der Waals surface area (Å²) in [6.45, 7) is 8.41. The Balaban J connectivity index is 1.66. The summed E-state index contributed by atoms with van der Waals surface area (Å²) in [5, 5.41) is 0. The van der Waals surface area contributed by atoms with Crippen LogP contribution in [0, 0.1) is 27.7 Å². The molecule has 0 bridgehead atoms. The summed E-state index contributed by atoms with van der Waals surface area (Å²) in [7, 11) is 1.62. The van der Waals surface area contributed by atoms with E-state index >= 15 is 0 Å². The number of hydrogen-bond acceptors (Lipinski definition) is 5. The molecule has 1 unspecified atom stereocenters. The molecule has 0 saturated heterocycles. The van der Waals surface area contributed by atoms with Gasteiger partial charge in [-0.3, -0.25) is 4.79 Å². The SMILES string of the molecule is COc1ccc(COCC(CCC(=O)c2cc(C)cc(C)c2)OC(=O)c2cc(C)cc(C)c2)cc1. The van der Waals surface area contributed by atoms with Crippen molar-refractivity contribution in [1.29, 1.82) is 0 Å². The number of methoxy groups -OCH3 is 1. The molecule has 3 aromatic rings. The van der Waals surface area contributed by atoms with Crippen LogP contribution in [0.15, 0.2) is 60.7 Å². The zero-order valence-corrected chi connectivity index (χ0v) is 21.2. The lowest BCUT2D eigenvalue weighted by molar-refractivity contribution is -0.0112. The summed E-state index contributed by atoms with van der Waals surface area (Å²) in [6.07, 6.45) is 0.0984. The lowest BCUT2D eigenvalue weighted by Crippen LogP contribution is -2.25. The molecule has 35 heavy (non-hydrogen) atoms. The summed E-state index contributed by atoms with van der Waals surface area (Å²) in [5.41, 5.74) is 6.26. The molecule has 3 aromatic carbocycles. The van der Waals surface area contributed by atoms with Crippen LogP contribution in [0.5, 0.6) is 5.75 Å². The van der Waals surface area contributed by atoms with Crippen molar-refractivity contribution in [2.45, 2.75) is 53.2 Å². The first-order valence-corrected chi connectivity index (χ1v) is 11.8. The summed E-state index contributed by atoms with van der Waals surface area (Å²) in [5.74, 6) is 0.395. The van der Waals surface area contributed by atoms with Crippen molar-refractivity contribution in [3.8, 4) is 5.75 Å². The number of rotatable bonds is 11. The Kier molecular flexibility index (Phi) is 9.21. The third-order valence-electron chi connectivity index (χ3n) is 5.70. The molecule has 184 valence electrons. The quantitative estimate of drug-likeness (QED) is 0.240. The number of carbonyl (C=O) groups is 2. The van der Waals surface area contributed by atoms with Gasteiger partial charge in [0.25, 0.3) is 0 Å². The Morgan fingerprint density at radius 3 is 1.86 bits per heavy atom. The molecule has 0 aliphatic rings. The number of benzene rings is 3. The van der Waals surface area contributed by atoms with Gasteiger partial charge in [0.2, 0.25) is 0 Å². The van der Waals surface area contributed by atoms with Gasteiger partial charge in [-0.15, -0.1) is 0 Å². The lowest BCUT2D eigenvalue weighted by Gasteiger charge is -2.19. The van der Waals surface area contributed by atoms with E-state index in [0.29, 0.717) is 24.2 Å². The average molecular weight is 475 g/mol. The predicted octanol–water partition coefficient (Wildman–Crippen LogP) is 6.33. The normalized spacial score (nSPS) is 11.7. The summed E-state index contributed by atoms with van der Waals surface area (Å²) < 4.78 is 16.9. The van der Waals surface area contributed by atoms with Gasteiger partial charge in [0.05, 0.1) is 25.9 Å². The monoisotopic (exact) mass is 474 g/mol. The Hall–Kier alpha value is -3.44. The molecule has 0 heterocycles. The molecule has 0 aliphatic heterocycles. The fourth-order valence-corrected chi connectivity index (χ4v) is 4.09. The van der Waals surface area contributed by atoms with E-state index < -0.39 is 12.1 Å². The summed E-state index contributed by atoms with van der Waals surface area (Å²) in [4.78, 5) is 25.8. The Morgan fingerprint density at radius 1 is 0.771 bits per heavy atom. The van der Waals surface area contributed by atoms with E-state index in [9.17, 15) is 9.59 Å². The van der Waals surface area contributed by atoms with Crippen LogP contribution < -0.4 is 4.74 Å². The van der Waals surface area contributed by atoms with Crippen LogP contribution in [-0.4, -0.2) is 31.6 Å². The summed E-state index contributed by atoms with van der Waals surface area (Å²) in [6, 6.07) is 19.1. The van der Waals surface area contributed by atoms with E-state index in [2.05, 4.69) is 0 Å². The first kappa shape index (κ1) is 26.2. The van der Waals surface area contributed by atoms with Crippen molar-refractivity contribution in [3.05, 3.63) is 99.6 Å². The third kappa shape index (κ3) is 8.08. The van der Waals surface area contributed by atoms with Crippen LogP contribution in [0.3, 0.4) is 0 Å². The van der Waals surface area contributed by atoms with Crippen molar-refractivity contribution in [2.75, 3.05) is 13.7 Å². The van der Waals surface area contributed by atoms with Crippen molar-refractivity contribution >= 4 is 11.8 Å². The van der Waals surface area contributed by atoms with Crippen LogP contribution >= 0.6 is 0 Å². The molecule has 1 atom stereocenters. The first-order valence-electron chi connectivity index (χ1n) is 11.8. The molecule has 0 aliphatic carbocycles. The second kappa shape index (κ2) is 12.3. The highest BCUT2D eigenvalue weighted by Gasteiger charge is 2.19. The highest BCUT2D eigenvalue weighted by molar-refractivity contribution is 5.96. The van der Waals surface area contributed by atoms with Crippen molar-refractivity contribution in [1.82, 2.24) is 0 Å². The van der Waals surface area contributed by atoms with Gasteiger partial charge in [-0.25, -0.2) is 4.79 Å². The van der Waals surface area contributed by atoms with Crippen LogP contribution in [0.4, 0.5) is 0 Å². The van der Waals surface area contributed by atoms with Gasteiger partial charge >= 0.3 is 5.97 Å². The Labute approximate surface area is 208 Å². The van der Waals surface area contributed by atoms with E-state index in [1.807, 2.05) is 88.4 Å². The fraction of sp³-hybridized carbons (Fsp3) is 0.333. The molecule has 0 aromatic heterocycles. The zero-order chi connectivity index (χ0) is 25.4. The molecular formula is C30H34O5. The maximum Gasteiger partial charge on any atom is 0.338 e. The minimum Gasteiger partial charge on any atom is -0.497 e. The Bertz CT molecular complexity index is 1120. The van der Waals surface area contributed by atoms with E-state index in [1.54, 1.807) is 7.11 Å². The van der Waals surface area contributed by atoms with Gasteiger partial charge < -0.3 is 14.2 Å². The van der Waals surface area contributed by atoms with Gasteiger partial charge in [0.1, 0.15) is 11.9 Å². The maximum absolute atomic E-state index is 12.9. The van der Waals surface area contributed by atoms with E-state index in [0.717, 1.165) is 33.6 Å². The highest BCUT2D eigenvalue weighted by Crippen LogP contribution is 2.17. The number of ether oxygens (including phenoxy) is 3.